The second kappa shape index (κ2) is 5.16. The van der Waals surface area contributed by atoms with Gasteiger partial charge in [0.1, 0.15) is 0 Å². The lowest BCUT2D eigenvalue weighted by Crippen LogP contribution is -2.21. The van der Waals surface area contributed by atoms with Crippen molar-refractivity contribution in [2.24, 2.45) is 22.6 Å². The van der Waals surface area contributed by atoms with Crippen molar-refractivity contribution in [1.29, 1.82) is 0 Å². The SMILES string of the molecule is CCC(C)C(N)=NCC(C)C. The summed E-state index contributed by atoms with van der Waals surface area (Å²) in [7, 11) is 0. The van der Waals surface area contributed by atoms with Crippen LogP contribution in [0.4, 0.5) is 0 Å². The van der Waals surface area contributed by atoms with E-state index in [0.29, 0.717) is 11.8 Å². The summed E-state index contributed by atoms with van der Waals surface area (Å²) in [5.74, 6) is 1.85. The summed E-state index contributed by atoms with van der Waals surface area (Å²) < 4.78 is 0. The fourth-order valence-corrected chi connectivity index (χ4v) is 0.653. The van der Waals surface area contributed by atoms with Gasteiger partial charge in [-0.15, -0.1) is 0 Å². The van der Waals surface area contributed by atoms with Crippen LogP contribution < -0.4 is 5.73 Å². The second-order valence-corrected chi connectivity index (χ2v) is 3.47. The quantitative estimate of drug-likeness (QED) is 0.491. The molecule has 0 aromatic heterocycles. The van der Waals surface area contributed by atoms with Gasteiger partial charge in [-0.3, -0.25) is 4.99 Å². The van der Waals surface area contributed by atoms with Crippen molar-refractivity contribution in [2.75, 3.05) is 6.54 Å². The van der Waals surface area contributed by atoms with Gasteiger partial charge >= 0.3 is 0 Å². The molecule has 2 N–H and O–H groups in total. The average Bonchev–Trinajstić information content (AvgIpc) is 1.98. The van der Waals surface area contributed by atoms with Crippen molar-refractivity contribution >= 4 is 5.84 Å². The smallest absolute Gasteiger partial charge is 0.0965 e. The molecule has 0 aliphatic rings. The van der Waals surface area contributed by atoms with E-state index in [0.717, 1.165) is 18.8 Å². The predicted molar refractivity (Wildman–Crippen MR) is 50.8 cm³/mol. The highest BCUT2D eigenvalue weighted by Crippen LogP contribution is 2.01. The van der Waals surface area contributed by atoms with Crippen molar-refractivity contribution in [3.63, 3.8) is 0 Å². The summed E-state index contributed by atoms with van der Waals surface area (Å²) >= 11 is 0. The van der Waals surface area contributed by atoms with Crippen LogP contribution in [0, 0.1) is 11.8 Å². The van der Waals surface area contributed by atoms with E-state index < -0.39 is 0 Å². The molecule has 1 atom stereocenters. The highest BCUT2D eigenvalue weighted by atomic mass is 14.9. The van der Waals surface area contributed by atoms with Crippen LogP contribution in [0.1, 0.15) is 34.1 Å². The Kier molecular flexibility index (Phi) is 4.92. The molecule has 0 fully saturated rings. The normalized spacial score (nSPS) is 15.5. The zero-order valence-electron chi connectivity index (χ0n) is 8.09. The van der Waals surface area contributed by atoms with E-state index >= 15 is 0 Å². The molecule has 0 aromatic rings. The molecule has 2 heteroatoms. The summed E-state index contributed by atoms with van der Waals surface area (Å²) in [5.41, 5.74) is 5.73. The third-order valence-corrected chi connectivity index (χ3v) is 1.76. The van der Waals surface area contributed by atoms with E-state index in [1.165, 1.54) is 0 Å². The van der Waals surface area contributed by atoms with Gasteiger partial charge in [0.05, 0.1) is 5.84 Å². The maximum atomic E-state index is 5.73. The molecule has 1 unspecified atom stereocenters. The van der Waals surface area contributed by atoms with Crippen molar-refractivity contribution in [3.8, 4) is 0 Å². The number of hydrogen-bond donors (Lipinski definition) is 1. The fourth-order valence-electron chi connectivity index (χ4n) is 0.653. The van der Waals surface area contributed by atoms with E-state index in [1.807, 2.05) is 0 Å². The molecule has 0 aliphatic carbocycles. The van der Waals surface area contributed by atoms with Crippen LogP contribution in [0.5, 0.6) is 0 Å². The molecule has 0 bridgehead atoms. The van der Waals surface area contributed by atoms with E-state index in [1.54, 1.807) is 0 Å². The maximum absolute atomic E-state index is 5.73. The molecule has 66 valence electrons. The molecular weight excluding hydrogens is 136 g/mol. The number of nitrogens with zero attached hydrogens (tertiary/aromatic N) is 1. The first-order chi connectivity index (χ1) is 5.07. The van der Waals surface area contributed by atoms with Crippen molar-refractivity contribution in [3.05, 3.63) is 0 Å². The third kappa shape index (κ3) is 4.82. The molecule has 0 rings (SSSR count). The Morgan fingerprint density at radius 2 is 1.91 bits per heavy atom. The molecule has 0 aliphatic heterocycles. The minimum Gasteiger partial charge on any atom is -0.387 e. The van der Waals surface area contributed by atoms with Crippen LogP contribution >= 0.6 is 0 Å². The number of nitrogens with two attached hydrogens (primary N) is 1. The Labute approximate surface area is 69.9 Å². The Balaban J connectivity index is 3.79. The molecule has 0 saturated heterocycles. The van der Waals surface area contributed by atoms with E-state index in [4.69, 9.17) is 5.73 Å². The molecule has 0 aromatic carbocycles. The zero-order chi connectivity index (χ0) is 8.85. The van der Waals surface area contributed by atoms with Crippen LogP contribution in [0.25, 0.3) is 0 Å². The van der Waals surface area contributed by atoms with Gasteiger partial charge in [-0.05, 0) is 12.3 Å². The predicted octanol–water partition coefficient (Wildman–Crippen LogP) is 2.05. The largest absolute Gasteiger partial charge is 0.387 e. The Bertz CT molecular complexity index is 128. The van der Waals surface area contributed by atoms with Crippen molar-refractivity contribution in [2.45, 2.75) is 34.1 Å². The first-order valence-electron chi connectivity index (χ1n) is 4.37. The lowest BCUT2D eigenvalue weighted by atomic mass is 10.1. The third-order valence-electron chi connectivity index (χ3n) is 1.76. The number of hydrogen-bond acceptors (Lipinski definition) is 1. The summed E-state index contributed by atoms with van der Waals surface area (Å²) in [6.45, 7) is 9.39. The van der Waals surface area contributed by atoms with Gasteiger partial charge in [-0.25, -0.2) is 0 Å². The van der Waals surface area contributed by atoms with E-state index in [-0.39, 0.29) is 0 Å². The first-order valence-corrected chi connectivity index (χ1v) is 4.37. The van der Waals surface area contributed by atoms with Gasteiger partial charge in [0.2, 0.25) is 0 Å². The highest BCUT2D eigenvalue weighted by molar-refractivity contribution is 5.82. The van der Waals surface area contributed by atoms with Gasteiger partial charge in [0, 0.05) is 12.5 Å². The van der Waals surface area contributed by atoms with Crippen LogP contribution in [0.2, 0.25) is 0 Å². The molecule has 0 saturated carbocycles. The van der Waals surface area contributed by atoms with Gasteiger partial charge in [0.25, 0.3) is 0 Å². The van der Waals surface area contributed by atoms with Crippen LogP contribution in [-0.2, 0) is 0 Å². The molecule has 0 radical (unpaired) electrons. The Morgan fingerprint density at radius 1 is 1.36 bits per heavy atom. The monoisotopic (exact) mass is 156 g/mol. The summed E-state index contributed by atoms with van der Waals surface area (Å²) in [4.78, 5) is 4.29. The molecule has 0 amide bonds. The van der Waals surface area contributed by atoms with Crippen molar-refractivity contribution in [1.82, 2.24) is 0 Å². The van der Waals surface area contributed by atoms with Gasteiger partial charge in [-0.1, -0.05) is 27.7 Å². The van der Waals surface area contributed by atoms with E-state index in [9.17, 15) is 0 Å². The highest BCUT2D eigenvalue weighted by Gasteiger charge is 2.02. The molecule has 11 heavy (non-hydrogen) atoms. The summed E-state index contributed by atoms with van der Waals surface area (Å²) in [6, 6.07) is 0. The average molecular weight is 156 g/mol. The Hall–Kier alpha value is -0.530. The molecular formula is C9H20N2. The van der Waals surface area contributed by atoms with E-state index in [2.05, 4.69) is 32.7 Å². The fraction of sp³-hybridized carbons (Fsp3) is 0.889. The number of aliphatic imine (C=N–C) groups is 1. The lowest BCUT2D eigenvalue weighted by molar-refractivity contribution is 0.652. The number of amidine groups is 1. The lowest BCUT2D eigenvalue weighted by Gasteiger charge is -2.08. The van der Waals surface area contributed by atoms with Crippen molar-refractivity contribution < 1.29 is 0 Å². The van der Waals surface area contributed by atoms with Gasteiger partial charge in [-0.2, -0.15) is 0 Å². The minimum absolute atomic E-state index is 0.439. The first kappa shape index (κ1) is 10.5. The minimum atomic E-state index is 0.439. The van der Waals surface area contributed by atoms with Crippen LogP contribution in [-0.4, -0.2) is 12.4 Å². The topological polar surface area (TPSA) is 38.4 Å². The summed E-state index contributed by atoms with van der Waals surface area (Å²) in [6.07, 6.45) is 1.08. The van der Waals surface area contributed by atoms with Gasteiger partial charge < -0.3 is 5.73 Å². The van der Waals surface area contributed by atoms with Crippen LogP contribution in [0.3, 0.4) is 0 Å². The summed E-state index contributed by atoms with van der Waals surface area (Å²) in [5, 5.41) is 0. The molecule has 0 heterocycles. The van der Waals surface area contributed by atoms with Gasteiger partial charge in [0.15, 0.2) is 0 Å². The zero-order valence-corrected chi connectivity index (χ0v) is 8.09. The number of rotatable bonds is 4. The molecule has 0 spiro atoms. The second-order valence-electron chi connectivity index (χ2n) is 3.47. The Morgan fingerprint density at radius 3 is 2.27 bits per heavy atom. The molecule has 2 nitrogen and oxygen atoms in total. The maximum Gasteiger partial charge on any atom is 0.0965 e. The standard InChI is InChI=1S/C9H20N2/c1-5-8(4)9(10)11-6-7(2)3/h7-8H,5-6H2,1-4H3,(H2,10,11). The van der Waals surface area contributed by atoms with Crippen LogP contribution in [0.15, 0.2) is 4.99 Å².